The molecule has 0 bridgehead atoms. The Morgan fingerprint density at radius 3 is 2.41 bits per heavy atom. The number of hydrogen-bond donors (Lipinski definition) is 2. The van der Waals surface area contributed by atoms with Gasteiger partial charge in [0.1, 0.15) is 5.75 Å². The van der Waals surface area contributed by atoms with E-state index in [0.29, 0.717) is 0 Å². The number of aryl methyl sites for hydroxylation is 1. The highest BCUT2D eigenvalue weighted by molar-refractivity contribution is 7.10. The summed E-state index contributed by atoms with van der Waals surface area (Å²) in [5, 5.41) is 2.08. The molecule has 4 heteroatoms. The van der Waals surface area contributed by atoms with Crippen molar-refractivity contribution in [2.24, 2.45) is 5.84 Å². The molecule has 90 valence electrons. The van der Waals surface area contributed by atoms with E-state index in [0.717, 1.165) is 11.3 Å². The van der Waals surface area contributed by atoms with Crippen LogP contribution in [0.25, 0.3) is 0 Å². The van der Waals surface area contributed by atoms with E-state index in [4.69, 9.17) is 10.6 Å². The van der Waals surface area contributed by atoms with E-state index in [1.54, 1.807) is 18.4 Å². The molecule has 0 aliphatic rings. The van der Waals surface area contributed by atoms with Crippen molar-refractivity contribution in [3.63, 3.8) is 0 Å². The van der Waals surface area contributed by atoms with E-state index >= 15 is 0 Å². The first kappa shape index (κ1) is 12.1. The molecule has 0 saturated carbocycles. The molecular weight excluding hydrogens is 232 g/mol. The first-order valence-corrected chi connectivity index (χ1v) is 6.28. The van der Waals surface area contributed by atoms with Gasteiger partial charge >= 0.3 is 0 Å². The van der Waals surface area contributed by atoms with Crippen molar-refractivity contribution < 1.29 is 4.74 Å². The lowest BCUT2D eigenvalue weighted by atomic mass is 10.0. The Balaban J connectivity index is 2.32. The van der Waals surface area contributed by atoms with Gasteiger partial charge in [-0.3, -0.25) is 5.84 Å². The van der Waals surface area contributed by atoms with E-state index in [2.05, 4.69) is 23.8 Å². The van der Waals surface area contributed by atoms with Crippen LogP contribution in [0.5, 0.6) is 5.75 Å². The molecule has 0 spiro atoms. The lowest BCUT2D eigenvalue weighted by Gasteiger charge is -2.16. The van der Waals surface area contributed by atoms with Gasteiger partial charge in [0, 0.05) is 4.88 Å². The highest BCUT2D eigenvalue weighted by Gasteiger charge is 2.15. The maximum absolute atomic E-state index is 5.66. The van der Waals surface area contributed by atoms with Gasteiger partial charge in [0.05, 0.1) is 13.2 Å². The number of ether oxygens (including phenoxy) is 1. The third-order valence-corrected chi connectivity index (χ3v) is 3.86. The van der Waals surface area contributed by atoms with Gasteiger partial charge in [0.2, 0.25) is 0 Å². The van der Waals surface area contributed by atoms with Crippen LogP contribution >= 0.6 is 11.3 Å². The monoisotopic (exact) mass is 248 g/mol. The summed E-state index contributed by atoms with van der Waals surface area (Å²) in [4.78, 5) is 1.25. The summed E-state index contributed by atoms with van der Waals surface area (Å²) in [5.41, 5.74) is 5.26. The summed E-state index contributed by atoms with van der Waals surface area (Å²) in [6, 6.07) is 10.1. The second kappa shape index (κ2) is 5.31. The van der Waals surface area contributed by atoms with Crippen molar-refractivity contribution in [2.45, 2.75) is 13.0 Å². The van der Waals surface area contributed by atoms with Crippen molar-refractivity contribution in [1.82, 2.24) is 5.43 Å². The van der Waals surface area contributed by atoms with Crippen molar-refractivity contribution in [1.29, 1.82) is 0 Å². The molecule has 17 heavy (non-hydrogen) atoms. The summed E-state index contributed by atoms with van der Waals surface area (Å²) < 4.78 is 5.15. The fourth-order valence-electron chi connectivity index (χ4n) is 1.80. The van der Waals surface area contributed by atoms with Gasteiger partial charge in [0.25, 0.3) is 0 Å². The fraction of sp³-hybridized carbons (Fsp3) is 0.231. The molecule has 3 N–H and O–H groups in total. The van der Waals surface area contributed by atoms with Gasteiger partial charge in [-0.15, -0.1) is 11.3 Å². The second-order valence-corrected chi connectivity index (χ2v) is 4.79. The zero-order valence-electron chi connectivity index (χ0n) is 9.94. The molecule has 2 aromatic rings. The van der Waals surface area contributed by atoms with Crippen LogP contribution in [-0.4, -0.2) is 7.11 Å². The number of nitrogens with one attached hydrogen (secondary N) is 1. The van der Waals surface area contributed by atoms with Crippen molar-refractivity contribution in [2.75, 3.05) is 7.11 Å². The molecule has 0 radical (unpaired) electrons. The highest BCUT2D eigenvalue weighted by atomic mass is 32.1. The first-order valence-electron chi connectivity index (χ1n) is 5.40. The average Bonchev–Trinajstić information content (AvgIpc) is 2.78. The number of hydrazine groups is 1. The van der Waals surface area contributed by atoms with Crippen LogP contribution in [0.4, 0.5) is 0 Å². The largest absolute Gasteiger partial charge is 0.497 e. The number of benzene rings is 1. The Morgan fingerprint density at radius 1 is 1.24 bits per heavy atom. The number of rotatable bonds is 4. The van der Waals surface area contributed by atoms with Gasteiger partial charge in [-0.05, 0) is 41.6 Å². The van der Waals surface area contributed by atoms with Gasteiger partial charge in [-0.1, -0.05) is 12.1 Å². The lowest BCUT2D eigenvalue weighted by Crippen LogP contribution is -2.28. The van der Waals surface area contributed by atoms with E-state index in [1.165, 1.54) is 10.4 Å². The summed E-state index contributed by atoms with van der Waals surface area (Å²) in [5.74, 6) is 6.51. The van der Waals surface area contributed by atoms with Crippen LogP contribution in [0, 0.1) is 6.92 Å². The van der Waals surface area contributed by atoms with E-state index in [9.17, 15) is 0 Å². The molecular formula is C13H16N2OS. The van der Waals surface area contributed by atoms with Crippen LogP contribution in [0.3, 0.4) is 0 Å². The molecule has 0 aliphatic heterocycles. The van der Waals surface area contributed by atoms with Crippen LogP contribution in [-0.2, 0) is 0 Å². The molecule has 1 atom stereocenters. The van der Waals surface area contributed by atoms with Gasteiger partial charge in [0.15, 0.2) is 0 Å². The number of nitrogens with two attached hydrogens (primary N) is 1. The third kappa shape index (κ3) is 2.49. The SMILES string of the molecule is COc1ccc(C(NN)c2sccc2C)cc1. The first-order chi connectivity index (χ1) is 8.26. The van der Waals surface area contributed by atoms with Crippen molar-refractivity contribution >= 4 is 11.3 Å². The zero-order chi connectivity index (χ0) is 12.3. The van der Waals surface area contributed by atoms with Crippen LogP contribution in [0.1, 0.15) is 22.0 Å². The summed E-state index contributed by atoms with van der Waals surface area (Å²) in [6.45, 7) is 2.10. The number of methoxy groups -OCH3 is 1. The van der Waals surface area contributed by atoms with E-state index < -0.39 is 0 Å². The van der Waals surface area contributed by atoms with E-state index in [-0.39, 0.29) is 6.04 Å². The van der Waals surface area contributed by atoms with Crippen LogP contribution in [0.2, 0.25) is 0 Å². The quantitative estimate of drug-likeness (QED) is 0.646. The minimum atomic E-state index is 0.0425. The van der Waals surface area contributed by atoms with Crippen LogP contribution in [0.15, 0.2) is 35.7 Å². The smallest absolute Gasteiger partial charge is 0.118 e. The maximum Gasteiger partial charge on any atom is 0.118 e. The molecule has 0 fully saturated rings. The van der Waals surface area contributed by atoms with Gasteiger partial charge < -0.3 is 4.74 Å². The van der Waals surface area contributed by atoms with Crippen LogP contribution < -0.4 is 16.0 Å². The number of hydrogen-bond acceptors (Lipinski definition) is 4. The highest BCUT2D eigenvalue weighted by Crippen LogP contribution is 2.29. The molecule has 1 aromatic carbocycles. The predicted molar refractivity (Wildman–Crippen MR) is 71.2 cm³/mol. The second-order valence-electron chi connectivity index (χ2n) is 3.84. The average molecular weight is 248 g/mol. The normalized spacial score (nSPS) is 12.4. The molecule has 2 rings (SSSR count). The maximum atomic E-state index is 5.66. The molecule has 3 nitrogen and oxygen atoms in total. The topological polar surface area (TPSA) is 47.3 Å². The fourth-order valence-corrected chi connectivity index (χ4v) is 2.81. The predicted octanol–water partition coefficient (Wildman–Crippen LogP) is 2.62. The van der Waals surface area contributed by atoms with Gasteiger partial charge in [-0.2, -0.15) is 0 Å². The zero-order valence-corrected chi connectivity index (χ0v) is 10.8. The molecule has 1 unspecified atom stereocenters. The molecule has 0 saturated heterocycles. The Bertz CT molecular complexity index is 478. The minimum Gasteiger partial charge on any atom is -0.497 e. The van der Waals surface area contributed by atoms with E-state index in [1.807, 2.05) is 24.3 Å². The summed E-state index contributed by atoms with van der Waals surface area (Å²) in [6.07, 6.45) is 0. The summed E-state index contributed by atoms with van der Waals surface area (Å²) >= 11 is 1.71. The molecule has 1 heterocycles. The van der Waals surface area contributed by atoms with Gasteiger partial charge in [-0.25, -0.2) is 5.43 Å². The Kier molecular flexibility index (Phi) is 3.78. The number of thiophene rings is 1. The Labute approximate surface area is 105 Å². The third-order valence-electron chi connectivity index (χ3n) is 2.78. The standard InChI is InChI=1S/C13H16N2OS/c1-9-7-8-17-13(9)12(15-14)10-3-5-11(16-2)6-4-10/h3-8,12,15H,14H2,1-2H3. The minimum absolute atomic E-state index is 0.0425. The van der Waals surface area contributed by atoms with Crippen molar-refractivity contribution in [3.05, 3.63) is 51.7 Å². The molecule has 1 aromatic heterocycles. The summed E-state index contributed by atoms with van der Waals surface area (Å²) in [7, 11) is 1.66. The molecule has 0 amide bonds. The lowest BCUT2D eigenvalue weighted by molar-refractivity contribution is 0.414. The Morgan fingerprint density at radius 2 is 1.94 bits per heavy atom. The Hall–Kier alpha value is -1.36. The molecule has 0 aliphatic carbocycles. The van der Waals surface area contributed by atoms with Crippen molar-refractivity contribution in [3.8, 4) is 5.75 Å².